The molecule has 0 aliphatic rings. The van der Waals surface area contributed by atoms with Crippen molar-refractivity contribution in [1.82, 2.24) is 25.5 Å². The molecular weight excluding hydrogens is 256 g/mol. The maximum absolute atomic E-state index is 12.0. The van der Waals surface area contributed by atoms with Crippen molar-refractivity contribution in [2.24, 2.45) is 0 Å². The second-order valence-corrected chi connectivity index (χ2v) is 4.11. The second-order valence-electron chi connectivity index (χ2n) is 4.11. The zero-order chi connectivity index (χ0) is 14.2. The molecule has 0 spiro atoms. The highest BCUT2D eigenvalue weighted by atomic mass is 16.1. The van der Waals surface area contributed by atoms with Crippen molar-refractivity contribution in [2.45, 2.75) is 19.9 Å². The van der Waals surface area contributed by atoms with E-state index in [-0.39, 0.29) is 11.6 Å². The first-order valence-electron chi connectivity index (χ1n) is 6.40. The van der Waals surface area contributed by atoms with E-state index < -0.39 is 0 Å². The van der Waals surface area contributed by atoms with Gasteiger partial charge in [0.05, 0.1) is 24.6 Å². The van der Waals surface area contributed by atoms with Crippen molar-refractivity contribution in [3.05, 3.63) is 42.1 Å². The summed E-state index contributed by atoms with van der Waals surface area (Å²) < 4.78 is 0. The molecule has 7 nitrogen and oxygen atoms in total. The van der Waals surface area contributed by atoms with Crippen LogP contribution in [0.15, 0.2) is 30.7 Å². The number of carbonyl (C=O) groups is 1. The smallest absolute Gasteiger partial charge is 0.271 e. The van der Waals surface area contributed by atoms with Gasteiger partial charge in [-0.15, -0.1) is 0 Å². The predicted molar refractivity (Wildman–Crippen MR) is 74.0 cm³/mol. The third kappa shape index (κ3) is 3.98. The zero-order valence-electron chi connectivity index (χ0n) is 11.2. The highest BCUT2D eigenvalue weighted by molar-refractivity contribution is 5.92. The molecule has 0 fully saturated rings. The number of hydrogen-bond donors (Lipinski definition) is 2. The summed E-state index contributed by atoms with van der Waals surface area (Å²) in [6.45, 7) is 3.15. The fourth-order valence-corrected chi connectivity index (χ4v) is 1.50. The van der Waals surface area contributed by atoms with Crippen LogP contribution in [0.4, 0.5) is 5.82 Å². The predicted octanol–water partition coefficient (Wildman–Crippen LogP) is 1.02. The van der Waals surface area contributed by atoms with Crippen LogP contribution in [0.25, 0.3) is 0 Å². The Bertz CT molecular complexity index is 560. The van der Waals surface area contributed by atoms with Crippen LogP contribution in [0.5, 0.6) is 0 Å². The highest BCUT2D eigenvalue weighted by Crippen LogP contribution is 2.02. The molecule has 0 radical (unpaired) electrons. The number of amides is 1. The van der Waals surface area contributed by atoms with E-state index in [4.69, 9.17) is 0 Å². The Morgan fingerprint density at radius 1 is 1.35 bits per heavy atom. The van der Waals surface area contributed by atoms with Crippen LogP contribution in [-0.2, 0) is 6.54 Å². The van der Waals surface area contributed by atoms with Gasteiger partial charge in [0.15, 0.2) is 0 Å². The third-order valence-electron chi connectivity index (χ3n) is 2.48. The van der Waals surface area contributed by atoms with Gasteiger partial charge in [0, 0.05) is 12.7 Å². The lowest BCUT2D eigenvalue weighted by Gasteiger charge is -2.06. The minimum Gasteiger partial charge on any atom is -0.369 e. The maximum Gasteiger partial charge on any atom is 0.271 e. The molecule has 0 aliphatic carbocycles. The summed E-state index contributed by atoms with van der Waals surface area (Å²) in [5.41, 5.74) is 0.962. The Balaban J connectivity index is 1.95. The molecule has 0 aromatic carbocycles. The summed E-state index contributed by atoms with van der Waals surface area (Å²) in [5, 5.41) is 13.4. The first kappa shape index (κ1) is 13.9. The Hall–Kier alpha value is -2.57. The lowest BCUT2D eigenvalue weighted by Crippen LogP contribution is -2.25. The monoisotopic (exact) mass is 272 g/mol. The third-order valence-corrected chi connectivity index (χ3v) is 2.48. The van der Waals surface area contributed by atoms with Gasteiger partial charge in [-0.1, -0.05) is 6.92 Å². The standard InChI is InChI=1S/C13H16N6O/c1-2-5-15-12-9-14-8-11(18-12)13(20)16-7-10-4-3-6-17-19-10/h3-4,6,8-9H,2,5,7H2,1H3,(H,15,18)(H,16,20). The summed E-state index contributed by atoms with van der Waals surface area (Å²) in [6.07, 6.45) is 5.59. The minimum atomic E-state index is -0.289. The quantitative estimate of drug-likeness (QED) is 0.815. The topological polar surface area (TPSA) is 92.7 Å². The van der Waals surface area contributed by atoms with E-state index in [0.29, 0.717) is 18.1 Å². The van der Waals surface area contributed by atoms with Crippen LogP contribution in [0.2, 0.25) is 0 Å². The van der Waals surface area contributed by atoms with Gasteiger partial charge >= 0.3 is 0 Å². The molecule has 0 saturated carbocycles. The molecule has 0 atom stereocenters. The number of nitrogens with zero attached hydrogens (tertiary/aromatic N) is 4. The molecule has 0 bridgehead atoms. The number of rotatable bonds is 6. The molecule has 20 heavy (non-hydrogen) atoms. The number of nitrogens with one attached hydrogen (secondary N) is 2. The summed E-state index contributed by atoms with van der Waals surface area (Å²) in [7, 11) is 0. The second kappa shape index (κ2) is 7.13. The molecule has 0 saturated heterocycles. The van der Waals surface area contributed by atoms with E-state index in [1.54, 1.807) is 24.5 Å². The van der Waals surface area contributed by atoms with Crippen LogP contribution in [0, 0.1) is 0 Å². The van der Waals surface area contributed by atoms with Gasteiger partial charge in [0.2, 0.25) is 0 Å². The first-order chi connectivity index (χ1) is 9.79. The van der Waals surface area contributed by atoms with Crippen LogP contribution in [0.3, 0.4) is 0 Å². The SMILES string of the molecule is CCCNc1cncc(C(=O)NCc2cccnn2)n1. The fourth-order valence-electron chi connectivity index (χ4n) is 1.50. The van der Waals surface area contributed by atoms with Gasteiger partial charge in [-0.2, -0.15) is 10.2 Å². The van der Waals surface area contributed by atoms with Gasteiger partial charge in [0.25, 0.3) is 5.91 Å². The van der Waals surface area contributed by atoms with Crippen molar-refractivity contribution in [3.63, 3.8) is 0 Å². The van der Waals surface area contributed by atoms with Crippen molar-refractivity contribution in [3.8, 4) is 0 Å². The maximum atomic E-state index is 12.0. The molecule has 104 valence electrons. The lowest BCUT2D eigenvalue weighted by atomic mass is 10.3. The number of carbonyl (C=O) groups excluding carboxylic acids is 1. The van der Waals surface area contributed by atoms with Crippen molar-refractivity contribution in [2.75, 3.05) is 11.9 Å². The molecular formula is C13H16N6O. The van der Waals surface area contributed by atoms with Gasteiger partial charge < -0.3 is 10.6 Å². The van der Waals surface area contributed by atoms with Gasteiger partial charge in [-0.05, 0) is 18.6 Å². The molecule has 2 rings (SSSR count). The first-order valence-corrected chi connectivity index (χ1v) is 6.40. The van der Waals surface area contributed by atoms with Gasteiger partial charge in [-0.3, -0.25) is 9.78 Å². The molecule has 2 aromatic rings. The summed E-state index contributed by atoms with van der Waals surface area (Å²) >= 11 is 0. The molecule has 0 unspecified atom stereocenters. The van der Waals surface area contributed by atoms with E-state index in [0.717, 1.165) is 13.0 Å². The van der Waals surface area contributed by atoms with Crippen LogP contribution >= 0.6 is 0 Å². The fraction of sp³-hybridized carbons (Fsp3) is 0.308. The van der Waals surface area contributed by atoms with E-state index in [2.05, 4.69) is 37.7 Å². The number of aromatic nitrogens is 4. The van der Waals surface area contributed by atoms with Gasteiger partial charge in [0.1, 0.15) is 11.5 Å². The Kier molecular flexibility index (Phi) is 4.94. The van der Waals surface area contributed by atoms with Crippen LogP contribution < -0.4 is 10.6 Å². The summed E-state index contributed by atoms with van der Waals surface area (Å²) in [6, 6.07) is 3.56. The Labute approximate surface area is 116 Å². The molecule has 7 heteroatoms. The lowest BCUT2D eigenvalue weighted by molar-refractivity contribution is 0.0945. The van der Waals surface area contributed by atoms with Crippen molar-refractivity contribution < 1.29 is 4.79 Å². The number of hydrogen-bond acceptors (Lipinski definition) is 6. The Morgan fingerprint density at radius 2 is 2.25 bits per heavy atom. The minimum absolute atomic E-state index is 0.273. The average molecular weight is 272 g/mol. The van der Waals surface area contributed by atoms with E-state index in [1.165, 1.54) is 6.20 Å². The molecule has 2 heterocycles. The molecule has 2 N–H and O–H groups in total. The van der Waals surface area contributed by atoms with Crippen molar-refractivity contribution >= 4 is 11.7 Å². The van der Waals surface area contributed by atoms with E-state index in [1.807, 2.05) is 0 Å². The normalized spacial score (nSPS) is 10.1. The van der Waals surface area contributed by atoms with E-state index >= 15 is 0 Å². The average Bonchev–Trinajstić information content (AvgIpc) is 2.52. The molecule has 1 amide bonds. The van der Waals surface area contributed by atoms with Crippen LogP contribution in [-0.4, -0.2) is 32.6 Å². The van der Waals surface area contributed by atoms with Crippen molar-refractivity contribution in [1.29, 1.82) is 0 Å². The zero-order valence-corrected chi connectivity index (χ0v) is 11.2. The largest absolute Gasteiger partial charge is 0.369 e. The summed E-state index contributed by atoms with van der Waals surface area (Å²) in [4.78, 5) is 20.2. The number of anilines is 1. The van der Waals surface area contributed by atoms with E-state index in [9.17, 15) is 4.79 Å². The van der Waals surface area contributed by atoms with Gasteiger partial charge in [-0.25, -0.2) is 4.98 Å². The summed E-state index contributed by atoms with van der Waals surface area (Å²) in [5.74, 6) is 0.308. The Morgan fingerprint density at radius 3 is 3.00 bits per heavy atom. The van der Waals surface area contributed by atoms with Crippen LogP contribution in [0.1, 0.15) is 29.5 Å². The molecule has 2 aromatic heterocycles. The highest BCUT2D eigenvalue weighted by Gasteiger charge is 2.08. The molecule has 0 aliphatic heterocycles.